The first-order valence-electron chi connectivity index (χ1n) is 11.1. The lowest BCUT2D eigenvalue weighted by Crippen LogP contribution is -2.38. The van der Waals surface area contributed by atoms with Crippen LogP contribution in [-0.2, 0) is 14.4 Å². The Hall–Kier alpha value is -4.41. The first-order valence-corrected chi connectivity index (χ1v) is 11.8. The summed E-state index contributed by atoms with van der Waals surface area (Å²) in [6, 6.07) is 15.8. The monoisotopic (exact) mass is 556 g/mol. The summed E-state index contributed by atoms with van der Waals surface area (Å²) < 4.78 is 19.1. The van der Waals surface area contributed by atoms with E-state index in [9.17, 15) is 23.6 Å². The highest BCUT2D eigenvalue weighted by atomic mass is 35.5. The molecule has 0 saturated carbocycles. The Morgan fingerprint density at radius 2 is 1.71 bits per heavy atom. The summed E-state index contributed by atoms with van der Waals surface area (Å²) in [4.78, 5) is 50.1. The largest absolute Gasteiger partial charge is 0.482 e. The maximum atomic E-state index is 13.7. The van der Waals surface area contributed by atoms with E-state index in [4.69, 9.17) is 27.9 Å². The van der Waals surface area contributed by atoms with Crippen LogP contribution in [0.4, 0.5) is 20.6 Å². The summed E-state index contributed by atoms with van der Waals surface area (Å²) in [5.74, 6) is -2.25. The van der Waals surface area contributed by atoms with E-state index in [1.165, 1.54) is 36.4 Å². The molecule has 0 radical (unpaired) electrons. The maximum Gasteiger partial charge on any atom is 0.329 e. The minimum atomic E-state index is -0.751. The molecule has 3 aromatic carbocycles. The van der Waals surface area contributed by atoms with Crippen LogP contribution in [0.5, 0.6) is 5.75 Å². The van der Waals surface area contributed by atoms with Crippen molar-refractivity contribution in [3.63, 3.8) is 0 Å². The minimum absolute atomic E-state index is 0.0222. The molecule has 1 aliphatic heterocycles. The van der Waals surface area contributed by atoms with Gasteiger partial charge in [-0.3, -0.25) is 14.4 Å². The van der Waals surface area contributed by atoms with Crippen LogP contribution in [0.25, 0.3) is 6.08 Å². The Labute approximate surface area is 226 Å². The molecule has 1 heterocycles. The van der Waals surface area contributed by atoms with Gasteiger partial charge in [-0.1, -0.05) is 41.4 Å². The molecule has 0 aliphatic carbocycles. The number of hydrogen-bond donors (Lipinski definition) is 3. The zero-order chi connectivity index (χ0) is 27.2. The lowest BCUT2D eigenvalue weighted by Gasteiger charge is -2.12. The van der Waals surface area contributed by atoms with Crippen molar-refractivity contribution in [2.75, 3.05) is 23.8 Å². The number of nitrogens with zero attached hydrogens (tertiary/aromatic N) is 1. The number of anilines is 2. The van der Waals surface area contributed by atoms with Gasteiger partial charge >= 0.3 is 6.03 Å². The second kappa shape index (κ2) is 11.8. The average Bonchev–Trinajstić information content (AvgIpc) is 3.13. The SMILES string of the molecule is O=C(CN1C(=O)N/C(=C\c2ccc(OCC(=O)Nc3ccccc3F)c(Cl)c2)C1=O)Nc1ccc(Cl)cc1. The normalized spacial score (nSPS) is 13.9. The van der Waals surface area contributed by atoms with Crippen LogP contribution in [0.15, 0.2) is 72.4 Å². The lowest BCUT2D eigenvalue weighted by atomic mass is 10.2. The van der Waals surface area contributed by atoms with Crippen molar-refractivity contribution in [3.8, 4) is 5.75 Å². The van der Waals surface area contributed by atoms with Gasteiger partial charge in [0.05, 0.1) is 10.7 Å². The van der Waals surface area contributed by atoms with E-state index in [1.807, 2.05) is 0 Å². The number of carbonyl (C=O) groups excluding carboxylic acids is 4. The second-order valence-electron chi connectivity index (χ2n) is 7.94. The Kier molecular flexibility index (Phi) is 8.25. The molecule has 0 spiro atoms. The van der Waals surface area contributed by atoms with E-state index in [0.29, 0.717) is 16.3 Å². The first kappa shape index (κ1) is 26.6. The fourth-order valence-electron chi connectivity index (χ4n) is 3.38. The topological polar surface area (TPSA) is 117 Å². The third-order valence-electron chi connectivity index (χ3n) is 5.17. The number of rotatable bonds is 8. The van der Waals surface area contributed by atoms with Crippen molar-refractivity contribution < 1.29 is 28.3 Å². The summed E-state index contributed by atoms with van der Waals surface area (Å²) in [6.07, 6.45) is 1.39. The van der Waals surface area contributed by atoms with Gasteiger partial charge in [0.25, 0.3) is 11.8 Å². The van der Waals surface area contributed by atoms with Gasteiger partial charge < -0.3 is 20.7 Å². The van der Waals surface area contributed by atoms with Crippen molar-refractivity contribution in [1.82, 2.24) is 10.2 Å². The Morgan fingerprint density at radius 1 is 0.974 bits per heavy atom. The first-order chi connectivity index (χ1) is 18.2. The van der Waals surface area contributed by atoms with E-state index >= 15 is 0 Å². The van der Waals surface area contributed by atoms with Crippen molar-refractivity contribution in [1.29, 1.82) is 0 Å². The molecule has 1 aliphatic rings. The molecular weight excluding hydrogens is 538 g/mol. The Morgan fingerprint density at radius 3 is 2.42 bits per heavy atom. The Bertz CT molecular complexity index is 1450. The summed E-state index contributed by atoms with van der Waals surface area (Å²) in [5.41, 5.74) is 0.885. The standard InChI is InChI=1S/C26H19Cl2FN4O5/c27-16-6-8-17(9-7-16)30-23(34)13-33-25(36)21(32-26(33)37)12-15-5-10-22(18(28)11-15)38-14-24(35)31-20-4-2-1-3-19(20)29/h1-12H,13-14H2,(H,30,34)(H,31,35)(H,32,37)/b21-12-. The highest BCUT2D eigenvalue weighted by Gasteiger charge is 2.35. The third kappa shape index (κ3) is 6.67. The number of amides is 5. The molecule has 1 fully saturated rings. The number of urea groups is 1. The molecule has 0 atom stereocenters. The Balaban J connectivity index is 1.35. The predicted octanol–water partition coefficient (Wildman–Crippen LogP) is 4.68. The molecule has 0 bridgehead atoms. The van der Waals surface area contributed by atoms with E-state index in [1.54, 1.807) is 36.4 Å². The van der Waals surface area contributed by atoms with Gasteiger partial charge in [-0.25, -0.2) is 14.1 Å². The van der Waals surface area contributed by atoms with Gasteiger partial charge in [0.15, 0.2) is 6.61 Å². The van der Waals surface area contributed by atoms with Crippen LogP contribution in [0, 0.1) is 5.82 Å². The van der Waals surface area contributed by atoms with Gasteiger partial charge in [0.2, 0.25) is 5.91 Å². The van der Waals surface area contributed by atoms with Crippen LogP contribution in [-0.4, -0.2) is 41.8 Å². The molecule has 12 heteroatoms. The van der Waals surface area contributed by atoms with Crippen LogP contribution >= 0.6 is 23.2 Å². The van der Waals surface area contributed by atoms with Crippen molar-refractivity contribution in [2.45, 2.75) is 0 Å². The lowest BCUT2D eigenvalue weighted by molar-refractivity contribution is -0.127. The molecule has 5 amide bonds. The molecule has 0 aromatic heterocycles. The molecule has 1 saturated heterocycles. The molecule has 38 heavy (non-hydrogen) atoms. The van der Waals surface area contributed by atoms with E-state index in [2.05, 4.69) is 16.0 Å². The van der Waals surface area contributed by atoms with Gasteiger partial charge in [-0.05, 0) is 60.2 Å². The summed E-state index contributed by atoms with van der Waals surface area (Å²) in [5, 5.41) is 8.03. The van der Waals surface area contributed by atoms with Gasteiger partial charge in [0, 0.05) is 10.7 Å². The molecule has 194 valence electrons. The minimum Gasteiger partial charge on any atom is -0.482 e. The quantitative estimate of drug-likeness (QED) is 0.275. The second-order valence-corrected chi connectivity index (χ2v) is 8.78. The van der Waals surface area contributed by atoms with E-state index < -0.39 is 42.7 Å². The van der Waals surface area contributed by atoms with Gasteiger partial charge in [-0.15, -0.1) is 0 Å². The molecule has 4 rings (SSSR count). The maximum absolute atomic E-state index is 13.7. The number of imide groups is 1. The van der Waals surface area contributed by atoms with Crippen LogP contribution in [0.3, 0.4) is 0 Å². The van der Waals surface area contributed by atoms with Crippen LogP contribution in [0.1, 0.15) is 5.56 Å². The predicted molar refractivity (Wildman–Crippen MR) is 140 cm³/mol. The zero-order valence-electron chi connectivity index (χ0n) is 19.5. The number of nitrogens with one attached hydrogen (secondary N) is 3. The fourth-order valence-corrected chi connectivity index (χ4v) is 3.74. The van der Waals surface area contributed by atoms with Crippen molar-refractivity contribution >= 4 is 64.4 Å². The van der Waals surface area contributed by atoms with Crippen LogP contribution in [0.2, 0.25) is 10.0 Å². The highest BCUT2D eigenvalue weighted by Crippen LogP contribution is 2.27. The molecular formula is C26H19Cl2FN4O5. The van der Waals surface area contributed by atoms with Gasteiger partial charge in [-0.2, -0.15) is 0 Å². The number of benzene rings is 3. The zero-order valence-corrected chi connectivity index (χ0v) is 21.0. The third-order valence-corrected chi connectivity index (χ3v) is 5.71. The molecule has 9 nitrogen and oxygen atoms in total. The smallest absolute Gasteiger partial charge is 0.329 e. The average molecular weight is 557 g/mol. The fraction of sp³-hybridized carbons (Fsp3) is 0.0769. The van der Waals surface area contributed by atoms with E-state index in [-0.39, 0.29) is 22.2 Å². The number of carbonyl (C=O) groups is 4. The number of para-hydroxylation sites is 1. The van der Waals surface area contributed by atoms with E-state index in [0.717, 1.165) is 4.90 Å². The number of halogens is 3. The van der Waals surface area contributed by atoms with Crippen LogP contribution < -0.4 is 20.7 Å². The number of ether oxygens (including phenoxy) is 1. The van der Waals surface area contributed by atoms with Crippen molar-refractivity contribution in [2.24, 2.45) is 0 Å². The molecule has 3 N–H and O–H groups in total. The van der Waals surface area contributed by atoms with Gasteiger partial charge in [0.1, 0.15) is 23.8 Å². The van der Waals surface area contributed by atoms with Crippen molar-refractivity contribution in [3.05, 3.63) is 93.9 Å². The number of hydrogen-bond acceptors (Lipinski definition) is 5. The summed E-state index contributed by atoms with van der Waals surface area (Å²) in [6.45, 7) is -0.914. The summed E-state index contributed by atoms with van der Waals surface area (Å²) in [7, 11) is 0. The highest BCUT2D eigenvalue weighted by molar-refractivity contribution is 6.32. The molecule has 3 aromatic rings. The molecule has 0 unspecified atom stereocenters. The summed E-state index contributed by atoms with van der Waals surface area (Å²) >= 11 is 12.1.